The average molecular weight is 437 g/mol. The van der Waals surface area contributed by atoms with Gasteiger partial charge in [-0.15, -0.1) is 0 Å². The van der Waals surface area contributed by atoms with Gasteiger partial charge in [-0.25, -0.2) is 0 Å². The number of rotatable bonds is 5. The minimum absolute atomic E-state index is 0.0384. The van der Waals surface area contributed by atoms with E-state index in [2.05, 4.69) is 0 Å². The molecule has 0 bridgehead atoms. The lowest BCUT2D eigenvalue weighted by Crippen LogP contribution is -2.29. The molecule has 7 heteroatoms. The molecule has 0 radical (unpaired) electrons. The summed E-state index contributed by atoms with van der Waals surface area (Å²) < 4.78 is 5.40. The van der Waals surface area contributed by atoms with E-state index in [1.807, 2.05) is 43.3 Å². The fraction of sp³-hybridized carbons (Fsp3) is 0.167. The standard InChI is InChI=1S/C24H21ClN2O4/c1-26(2)18-11-7-15(8-12-18)21-20(22(28)16-5-9-17(25)10-6-16)23(29)24(30)27(21)14-19-4-3-13-31-19/h3-13,21,28H,14H2,1-2H3/t21-/m0/s1. The summed E-state index contributed by atoms with van der Waals surface area (Å²) in [5, 5.41) is 11.5. The summed E-state index contributed by atoms with van der Waals surface area (Å²) in [4.78, 5) is 29.3. The number of nitrogens with zero attached hydrogens (tertiary/aromatic N) is 2. The van der Waals surface area contributed by atoms with Gasteiger partial charge in [0.25, 0.3) is 11.7 Å². The van der Waals surface area contributed by atoms with Crippen molar-refractivity contribution in [2.75, 3.05) is 19.0 Å². The Labute approximate surface area is 185 Å². The van der Waals surface area contributed by atoms with E-state index in [0.29, 0.717) is 21.9 Å². The third-order valence-corrected chi connectivity index (χ3v) is 5.54. The molecule has 1 fully saturated rings. The number of furan rings is 1. The zero-order chi connectivity index (χ0) is 22.1. The van der Waals surface area contributed by atoms with Crippen LogP contribution in [-0.4, -0.2) is 35.8 Å². The van der Waals surface area contributed by atoms with Gasteiger partial charge in [-0.05, 0) is 54.1 Å². The summed E-state index contributed by atoms with van der Waals surface area (Å²) in [6.07, 6.45) is 1.51. The van der Waals surface area contributed by atoms with Crippen LogP contribution >= 0.6 is 11.6 Å². The van der Waals surface area contributed by atoms with E-state index >= 15 is 0 Å². The lowest BCUT2D eigenvalue weighted by Gasteiger charge is -2.25. The fourth-order valence-corrected chi connectivity index (χ4v) is 3.80. The van der Waals surface area contributed by atoms with E-state index in [0.717, 1.165) is 5.69 Å². The summed E-state index contributed by atoms with van der Waals surface area (Å²) >= 11 is 5.95. The van der Waals surface area contributed by atoms with Crippen LogP contribution in [-0.2, 0) is 16.1 Å². The molecule has 2 aromatic carbocycles. The Morgan fingerprint density at radius 2 is 1.74 bits per heavy atom. The number of ketones is 1. The fourth-order valence-electron chi connectivity index (χ4n) is 3.68. The number of anilines is 1. The van der Waals surface area contributed by atoms with Crippen LogP contribution in [0.2, 0.25) is 5.02 Å². The Balaban J connectivity index is 1.84. The molecule has 0 unspecified atom stereocenters. The smallest absolute Gasteiger partial charge is 0.296 e. The average Bonchev–Trinajstić information content (AvgIpc) is 3.36. The zero-order valence-corrected chi connectivity index (χ0v) is 17.8. The number of hydrogen-bond acceptors (Lipinski definition) is 5. The van der Waals surface area contributed by atoms with Gasteiger partial charge in [0, 0.05) is 30.4 Å². The van der Waals surface area contributed by atoms with Crippen molar-refractivity contribution in [3.63, 3.8) is 0 Å². The first kappa shape index (κ1) is 20.8. The van der Waals surface area contributed by atoms with Crippen LogP contribution in [0.1, 0.15) is 22.9 Å². The molecule has 1 atom stereocenters. The second-order valence-electron chi connectivity index (χ2n) is 7.50. The van der Waals surface area contributed by atoms with Crippen LogP contribution in [0.3, 0.4) is 0 Å². The number of Topliss-reactive ketones (excluding diaryl/α,β-unsaturated/α-hetero) is 1. The van der Waals surface area contributed by atoms with Crippen molar-refractivity contribution < 1.29 is 19.1 Å². The van der Waals surface area contributed by atoms with Gasteiger partial charge in [-0.3, -0.25) is 9.59 Å². The minimum atomic E-state index is -0.753. The molecule has 0 saturated carbocycles. The summed E-state index contributed by atoms with van der Waals surface area (Å²) in [7, 11) is 3.86. The molecule has 1 aromatic heterocycles. The topological polar surface area (TPSA) is 74.0 Å². The lowest BCUT2D eigenvalue weighted by atomic mass is 9.95. The SMILES string of the molecule is CN(C)c1ccc([C@H]2C(=C(O)c3ccc(Cl)cc3)C(=O)C(=O)N2Cc2ccco2)cc1. The number of halogens is 1. The molecule has 0 spiro atoms. The highest BCUT2D eigenvalue weighted by Crippen LogP contribution is 2.40. The maximum absolute atomic E-state index is 13.0. The van der Waals surface area contributed by atoms with Gasteiger partial charge >= 0.3 is 0 Å². The van der Waals surface area contributed by atoms with Crippen molar-refractivity contribution in [1.82, 2.24) is 4.90 Å². The number of benzene rings is 2. The highest BCUT2D eigenvalue weighted by molar-refractivity contribution is 6.46. The first-order valence-electron chi connectivity index (χ1n) is 9.71. The van der Waals surface area contributed by atoms with Crippen molar-refractivity contribution in [2.45, 2.75) is 12.6 Å². The van der Waals surface area contributed by atoms with Crippen LogP contribution in [0.4, 0.5) is 5.69 Å². The highest BCUT2D eigenvalue weighted by Gasteiger charge is 2.46. The number of likely N-dealkylation sites (tertiary alicyclic amines) is 1. The number of aliphatic hydroxyl groups excluding tert-OH is 1. The van der Waals surface area contributed by atoms with Crippen LogP contribution in [0.15, 0.2) is 76.9 Å². The van der Waals surface area contributed by atoms with Crippen molar-refractivity contribution >= 4 is 34.7 Å². The third-order valence-electron chi connectivity index (χ3n) is 5.29. The van der Waals surface area contributed by atoms with Gasteiger partial charge in [-0.2, -0.15) is 0 Å². The van der Waals surface area contributed by atoms with Gasteiger partial charge in [0.15, 0.2) is 0 Å². The van der Waals surface area contributed by atoms with E-state index in [4.69, 9.17) is 16.0 Å². The summed E-state index contributed by atoms with van der Waals surface area (Å²) in [5.41, 5.74) is 2.14. The summed E-state index contributed by atoms with van der Waals surface area (Å²) in [6, 6.07) is 16.7. The molecule has 158 valence electrons. The summed E-state index contributed by atoms with van der Waals surface area (Å²) in [5.74, 6) is -1.11. The second-order valence-corrected chi connectivity index (χ2v) is 7.94. The Bertz CT molecular complexity index is 1130. The first-order valence-corrected chi connectivity index (χ1v) is 10.1. The van der Waals surface area contributed by atoms with Gasteiger partial charge < -0.3 is 19.3 Å². The number of aliphatic hydroxyl groups is 1. The van der Waals surface area contributed by atoms with Crippen LogP contribution in [0, 0.1) is 0 Å². The predicted octanol–water partition coefficient (Wildman–Crippen LogP) is 4.62. The van der Waals surface area contributed by atoms with Crippen molar-refractivity contribution in [3.05, 3.63) is 94.4 Å². The molecule has 3 aromatic rings. The Morgan fingerprint density at radius 3 is 2.32 bits per heavy atom. The third kappa shape index (κ3) is 3.94. The summed E-state index contributed by atoms with van der Waals surface area (Å²) in [6.45, 7) is 0.106. The Morgan fingerprint density at radius 1 is 1.06 bits per heavy atom. The molecule has 0 aliphatic carbocycles. The maximum atomic E-state index is 13.0. The van der Waals surface area contributed by atoms with Gasteiger partial charge in [-0.1, -0.05) is 23.7 Å². The molecule has 1 N–H and O–H groups in total. The Kier molecular flexibility index (Phi) is 5.57. The van der Waals surface area contributed by atoms with E-state index < -0.39 is 17.7 Å². The quantitative estimate of drug-likeness (QED) is 0.359. The zero-order valence-electron chi connectivity index (χ0n) is 17.1. The largest absolute Gasteiger partial charge is 0.507 e. The molecule has 6 nitrogen and oxygen atoms in total. The molecule has 2 heterocycles. The van der Waals surface area contributed by atoms with Crippen molar-refractivity contribution in [1.29, 1.82) is 0 Å². The highest BCUT2D eigenvalue weighted by atomic mass is 35.5. The first-order chi connectivity index (χ1) is 14.9. The van der Waals surface area contributed by atoms with Gasteiger partial charge in [0.1, 0.15) is 11.5 Å². The van der Waals surface area contributed by atoms with E-state index in [-0.39, 0.29) is 17.9 Å². The van der Waals surface area contributed by atoms with Crippen LogP contribution < -0.4 is 4.90 Å². The molecule has 1 aliphatic rings. The van der Waals surface area contributed by atoms with Crippen molar-refractivity contribution in [2.24, 2.45) is 0 Å². The molecular formula is C24H21ClN2O4. The minimum Gasteiger partial charge on any atom is -0.507 e. The number of carbonyl (C=O) groups is 2. The van der Waals surface area contributed by atoms with E-state index in [1.165, 1.54) is 11.2 Å². The second kappa shape index (κ2) is 8.32. The van der Waals surface area contributed by atoms with Gasteiger partial charge in [0.05, 0.1) is 24.4 Å². The maximum Gasteiger partial charge on any atom is 0.296 e. The molecule has 1 amide bonds. The van der Waals surface area contributed by atoms with E-state index in [9.17, 15) is 14.7 Å². The van der Waals surface area contributed by atoms with Gasteiger partial charge in [0.2, 0.25) is 0 Å². The number of hydrogen-bond donors (Lipinski definition) is 1. The van der Waals surface area contributed by atoms with E-state index in [1.54, 1.807) is 36.4 Å². The molecule has 4 rings (SSSR count). The predicted molar refractivity (Wildman–Crippen MR) is 119 cm³/mol. The molecular weight excluding hydrogens is 416 g/mol. The van der Waals surface area contributed by atoms with Crippen molar-refractivity contribution in [3.8, 4) is 0 Å². The molecule has 31 heavy (non-hydrogen) atoms. The number of carbonyl (C=O) groups excluding carboxylic acids is 2. The van der Waals surface area contributed by atoms with Crippen LogP contribution in [0.25, 0.3) is 5.76 Å². The number of amides is 1. The monoisotopic (exact) mass is 436 g/mol. The molecule has 1 aliphatic heterocycles. The lowest BCUT2D eigenvalue weighted by molar-refractivity contribution is -0.140. The Hall–Kier alpha value is -3.51. The molecule has 1 saturated heterocycles. The normalized spacial score (nSPS) is 17.9. The van der Waals surface area contributed by atoms with Crippen LogP contribution in [0.5, 0.6) is 0 Å².